The molecule has 0 saturated carbocycles. The molecule has 10 nitrogen and oxygen atoms in total. The van der Waals surface area contributed by atoms with Crippen LogP contribution < -0.4 is 16.2 Å². The number of amides is 2. The second-order valence-corrected chi connectivity index (χ2v) is 7.86. The summed E-state index contributed by atoms with van der Waals surface area (Å²) >= 11 is 4.89. The number of nitrogens with zero attached hydrogens (tertiary/aromatic N) is 1. The lowest BCUT2D eigenvalue weighted by Crippen LogP contribution is -2.48. The van der Waals surface area contributed by atoms with Crippen molar-refractivity contribution in [2.45, 2.75) is 11.8 Å². The van der Waals surface area contributed by atoms with Crippen LogP contribution in [0.5, 0.6) is 0 Å². The Balaban J connectivity index is 2.15. The van der Waals surface area contributed by atoms with Gasteiger partial charge in [-0.25, -0.2) is 18.6 Å². The molecule has 1 saturated heterocycles. The van der Waals surface area contributed by atoms with Crippen LogP contribution in [-0.4, -0.2) is 63.2 Å². The lowest BCUT2D eigenvalue weighted by Gasteiger charge is -2.26. The molecular weight excluding hydrogens is 396 g/mol. The van der Waals surface area contributed by atoms with E-state index >= 15 is 0 Å². The average Bonchev–Trinajstić information content (AvgIpc) is 2.66. The van der Waals surface area contributed by atoms with Gasteiger partial charge in [0.2, 0.25) is 10.0 Å². The molecule has 0 spiro atoms. The van der Waals surface area contributed by atoms with Crippen LogP contribution in [0, 0.1) is 6.92 Å². The van der Waals surface area contributed by atoms with Crippen LogP contribution >= 0.6 is 12.2 Å². The van der Waals surface area contributed by atoms with Crippen LogP contribution in [0.3, 0.4) is 0 Å². The summed E-state index contributed by atoms with van der Waals surface area (Å²) in [6.45, 7) is 2.83. The number of rotatable bonds is 3. The van der Waals surface area contributed by atoms with E-state index in [0.717, 1.165) is 0 Å². The summed E-state index contributed by atoms with van der Waals surface area (Å²) in [5.74, 6) is -0.615. The van der Waals surface area contributed by atoms with E-state index in [1.54, 1.807) is 13.0 Å². The zero-order valence-corrected chi connectivity index (χ0v) is 16.4. The Bertz CT molecular complexity index is 837. The molecule has 0 aliphatic carbocycles. The standard InChI is InChI=1S/C15H20N4O6S2/c1-10-3-4-11(27(22,23)19-5-7-25-8-6-19)9-12(10)13(20)16-14(26)17-18-15(21)24-2/h3-4,9H,5-8H2,1-2H3,(H,18,21)(H2,16,17,20,26). The molecule has 1 aliphatic rings. The highest BCUT2D eigenvalue weighted by Crippen LogP contribution is 2.20. The minimum Gasteiger partial charge on any atom is -0.452 e. The zero-order valence-electron chi connectivity index (χ0n) is 14.8. The summed E-state index contributed by atoms with van der Waals surface area (Å²) in [5.41, 5.74) is 5.10. The number of ether oxygens (including phenoxy) is 2. The number of aryl methyl sites for hydroxylation is 1. The molecule has 3 N–H and O–H groups in total. The quantitative estimate of drug-likeness (QED) is 0.460. The van der Waals surface area contributed by atoms with Crippen LogP contribution in [0.25, 0.3) is 0 Å². The van der Waals surface area contributed by atoms with E-state index in [0.29, 0.717) is 18.8 Å². The number of nitrogens with one attached hydrogen (secondary N) is 3. The van der Waals surface area contributed by atoms with E-state index in [1.165, 1.54) is 23.5 Å². The molecule has 2 rings (SSSR count). The van der Waals surface area contributed by atoms with Crippen molar-refractivity contribution in [3.8, 4) is 0 Å². The summed E-state index contributed by atoms with van der Waals surface area (Å²) in [7, 11) is -2.57. The maximum absolute atomic E-state index is 12.7. The normalized spacial score (nSPS) is 14.9. The van der Waals surface area contributed by atoms with E-state index in [2.05, 4.69) is 20.9 Å². The number of sulfonamides is 1. The molecule has 0 aromatic heterocycles. The van der Waals surface area contributed by atoms with Crippen molar-refractivity contribution in [3.05, 3.63) is 29.3 Å². The van der Waals surface area contributed by atoms with Crippen molar-refractivity contribution >= 4 is 39.4 Å². The van der Waals surface area contributed by atoms with Gasteiger partial charge in [0, 0.05) is 18.7 Å². The smallest absolute Gasteiger partial charge is 0.425 e. The minimum absolute atomic E-state index is 0.00622. The van der Waals surface area contributed by atoms with Gasteiger partial charge in [0.1, 0.15) is 0 Å². The van der Waals surface area contributed by atoms with Gasteiger partial charge in [0.25, 0.3) is 5.91 Å². The fraction of sp³-hybridized carbons (Fsp3) is 0.400. The van der Waals surface area contributed by atoms with Crippen LogP contribution in [0.4, 0.5) is 4.79 Å². The molecule has 12 heteroatoms. The second kappa shape index (κ2) is 9.08. The molecule has 27 heavy (non-hydrogen) atoms. The lowest BCUT2D eigenvalue weighted by molar-refractivity contribution is 0.0730. The second-order valence-electron chi connectivity index (χ2n) is 5.52. The number of hydrogen-bond donors (Lipinski definition) is 3. The first-order valence-corrected chi connectivity index (χ1v) is 9.74. The topological polar surface area (TPSA) is 126 Å². The molecule has 1 aliphatic heterocycles. The summed E-state index contributed by atoms with van der Waals surface area (Å²) in [6, 6.07) is 4.30. The number of morpholine rings is 1. The first-order valence-electron chi connectivity index (χ1n) is 7.89. The zero-order chi connectivity index (χ0) is 20.0. The van der Waals surface area contributed by atoms with E-state index in [9.17, 15) is 18.0 Å². The number of hydrogen-bond acceptors (Lipinski definition) is 7. The third kappa shape index (κ3) is 5.35. The fourth-order valence-corrected chi connectivity index (χ4v) is 3.88. The molecule has 2 amide bonds. The van der Waals surface area contributed by atoms with Gasteiger partial charge in [0.15, 0.2) is 5.11 Å². The lowest BCUT2D eigenvalue weighted by atomic mass is 10.1. The van der Waals surface area contributed by atoms with Gasteiger partial charge in [-0.1, -0.05) is 6.07 Å². The van der Waals surface area contributed by atoms with Crippen LogP contribution in [0.1, 0.15) is 15.9 Å². The van der Waals surface area contributed by atoms with Crippen molar-refractivity contribution < 1.29 is 27.5 Å². The van der Waals surface area contributed by atoms with Crippen LogP contribution in [0.2, 0.25) is 0 Å². The number of carbonyl (C=O) groups is 2. The van der Waals surface area contributed by atoms with E-state index in [1.807, 2.05) is 0 Å². The van der Waals surface area contributed by atoms with Gasteiger partial charge < -0.3 is 9.47 Å². The van der Waals surface area contributed by atoms with Gasteiger partial charge in [-0.05, 0) is 36.8 Å². The molecule has 0 unspecified atom stereocenters. The summed E-state index contributed by atoms with van der Waals surface area (Å²) in [4.78, 5) is 23.4. The molecule has 0 bridgehead atoms. The summed E-state index contributed by atoms with van der Waals surface area (Å²) in [6.07, 6.45) is -0.790. The van der Waals surface area contributed by atoms with Gasteiger partial charge >= 0.3 is 6.09 Å². The molecule has 148 valence electrons. The Hall–Kier alpha value is -2.28. The number of benzene rings is 1. The Kier molecular flexibility index (Phi) is 7.07. The maximum Gasteiger partial charge on any atom is 0.425 e. The molecule has 1 heterocycles. The number of carbonyl (C=O) groups excluding carboxylic acids is 2. The van der Waals surface area contributed by atoms with Crippen molar-refractivity contribution in [3.63, 3.8) is 0 Å². The third-order valence-corrected chi connectivity index (χ3v) is 5.85. The van der Waals surface area contributed by atoms with E-state index < -0.39 is 22.0 Å². The fourth-order valence-electron chi connectivity index (χ4n) is 2.30. The number of methoxy groups -OCH3 is 1. The van der Waals surface area contributed by atoms with Crippen molar-refractivity contribution in [1.82, 2.24) is 20.5 Å². The highest BCUT2D eigenvalue weighted by Gasteiger charge is 2.27. The van der Waals surface area contributed by atoms with Crippen LogP contribution in [0.15, 0.2) is 23.1 Å². The molecular formula is C15H20N4O6S2. The highest BCUT2D eigenvalue weighted by atomic mass is 32.2. The molecule has 0 radical (unpaired) electrons. The van der Waals surface area contributed by atoms with Gasteiger partial charge in [0.05, 0.1) is 25.2 Å². The molecule has 1 fully saturated rings. The highest BCUT2D eigenvalue weighted by molar-refractivity contribution is 7.89. The average molecular weight is 416 g/mol. The van der Waals surface area contributed by atoms with Gasteiger partial charge in [-0.2, -0.15) is 4.31 Å². The van der Waals surface area contributed by atoms with Gasteiger partial charge in [-0.15, -0.1) is 0 Å². The molecule has 1 aromatic carbocycles. The number of hydrazine groups is 1. The number of thiocarbonyl (C=S) groups is 1. The first kappa shape index (κ1) is 21.0. The Labute approximate surface area is 162 Å². The predicted molar refractivity (Wildman–Crippen MR) is 99.5 cm³/mol. The van der Waals surface area contributed by atoms with E-state index in [4.69, 9.17) is 17.0 Å². The third-order valence-electron chi connectivity index (χ3n) is 3.75. The van der Waals surface area contributed by atoms with Crippen molar-refractivity contribution in [2.75, 3.05) is 33.4 Å². The Morgan fingerprint density at radius 3 is 2.52 bits per heavy atom. The largest absolute Gasteiger partial charge is 0.452 e. The summed E-state index contributed by atoms with van der Waals surface area (Å²) < 4.78 is 36.3. The van der Waals surface area contributed by atoms with E-state index in [-0.39, 0.29) is 28.7 Å². The first-order chi connectivity index (χ1) is 12.8. The SMILES string of the molecule is COC(=O)NNC(=S)NC(=O)c1cc(S(=O)(=O)N2CCOCC2)ccc1C. The molecule has 1 aromatic rings. The minimum atomic E-state index is -3.74. The van der Waals surface area contributed by atoms with Crippen LogP contribution in [-0.2, 0) is 19.5 Å². The predicted octanol–water partition coefficient (Wildman–Crippen LogP) is -0.109. The van der Waals surface area contributed by atoms with Gasteiger partial charge in [-0.3, -0.25) is 15.5 Å². The summed E-state index contributed by atoms with van der Waals surface area (Å²) in [5, 5.41) is 2.18. The van der Waals surface area contributed by atoms with Crippen molar-refractivity contribution in [2.24, 2.45) is 0 Å². The Morgan fingerprint density at radius 1 is 1.22 bits per heavy atom. The monoisotopic (exact) mass is 416 g/mol. The maximum atomic E-state index is 12.7. The molecule has 0 atom stereocenters. The van der Waals surface area contributed by atoms with Crippen molar-refractivity contribution in [1.29, 1.82) is 0 Å². The Morgan fingerprint density at radius 2 is 1.89 bits per heavy atom.